The number of alkyl halides is 1. The fourth-order valence-corrected chi connectivity index (χ4v) is 4.85. The largest absolute Gasteiger partial charge is 0.490 e. The van der Waals surface area contributed by atoms with Gasteiger partial charge in [0.1, 0.15) is 18.5 Å². The Morgan fingerprint density at radius 2 is 1.89 bits per heavy atom. The first-order valence-corrected chi connectivity index (χ1v) is 13.7. The molecule has 1 heterocycles. The number of ether oxygens (including phenoxy) is 1. The zero-order valence-corrected chi connectivity index (χ0v) is 23.4. The number of aromatic amines is 1. The maximum Gasteiger partial charge on any atom is 0.235 e. The van der Waals surface area contributed by atoms with Crippen molar-refractivity contribution >= 4 is 71.9 Å². The van der Waals surface area contributed by atoms with E-state index in [1.165, 1.54) is 0 Å². The SMILES string of the molecule is CC(C)(Cc1ccc(NC(=O)CBr)cc1)NC[C@@H](O)COc1ccc(I)c2[nH]c3ccccc3c12. The van der Waals surface area contributed by atoms with Crippen LogP contribution >= 0.6 is 38.5 Å². The van der Waals surface area contributed by atoms with Crippen molar-refractivity contribution in [2.24, 2.45) is 0 Å². The fourth-order valence-electron chi connectivity index (χ4n) is 4.12. The van der Waals surface area contributed by atoms with Crippen molar-refractivity contribution < 1.29 is 14.6 Å². The summed E-state index contributed by atoms with van der Waals surface area (Å²) in [5, 5.41) is 19.3. The number of halogens is 2. The molecule has 1 aromatic heterocycles. The van der Waals surface area contributed by atoms with Crippen LogP contribution in [0, 0.1) is 3.57 Å². The smallest absolute Gasteiger partial charge is 0.235 e. The summed E-state index contributed by atoms with van der Waals surface area (Å²) >= 11 is 5.47. The highest BCUT2D eigenvalue weighted by Crippen LogP contribution is 2.35. The van der Waals surface area contributed by atoms with E-state index >= 15 is 0 Å². The highest BCUT2D eigenvalue weighted by molar-refractivity contribution is 14.1. The van der Waals surface area contributed by atoms with Gasteiger partial charge in [-0.3, -0.25) is 4.79 Å². The van der Waals surface area contributed by atoms with E-state index in [0.717, 1.165) is 48.8 Å². The van der Waals surface area contributed by atoms with Crippen molar-refractivity contribution in [1.29, 1.82) is 0 Å². The summed E-state index contributed by atoms with van der Waals surface area (Å²) in [6.45, 7) is 4.82. The average Bonchev–Trinajstić information content (AvgIpc) is 3.24. The predicted octanol–water partition coefficient (Wildman–Crippen LogP) is 5.61. The third kappa shape index (κ3) is 6.55. The van der Waals surface area contributed by atoms with Crippen molar-refractivity contribution in [3.05, 3.63) is 69.8 Å². The fraction of sp³-hybridized carbons (Fsp3) is 0.296. The van der Waals surface area contributed by atoms with E-state index in [4.69, 9.17) is 4.74 Å². The van der Waals surface area contributed by atoms with Crippen LogP contribution in [0.5, 0.6) is 5.75 Å². The first-order valence-electron chi connectivity index (χ1n) is 11.5. The number of benzene rings is 3. The standard InChI is InChI=1S/C27H29BrIN3O3/c1-27(2,13-17-7-9-18(10-8-17)31-24(34)14-28)30-15-19(33)16-35-23-12-11-21(29)26-25(23)20-5-3-4-6-22(20)32-26/h3-12,19,30,32-33H,13-16H2,1-2H3,(H,31,34)/t19-/m1/s1. The van der Waals surface area contributed by atoms with Crippen molar-refractivity contribution in [2.45, 2.75) is 31.9 Å². The summed E-state index contributed by atoms with van der Waals surface area (Å²) in [4.78, 5) is 15.0. The molecule has 0 radical (unpaired) electrons. The highest BCUT2D eigenvalue weighted by Gasteiger charge is 2.20. The minimum atomic E-state index is -0.657. The van der Waals surface area contributed by atoms with Crippen molar-refractivity contribution in [3.63, 3.8) is 0 Å². The molecule has 6 nitrogen and oxygen atoms in total. The lowest BCUT2D eigenvalue weighted by atomic mass is 9.94. The molecule has 35 heavy (non-hydrogen) atoms. The maximum absolute atomic E-state index is 11.5. The molecule has 0 saturated heterocycles. The first kappa shape index (κ1) is 25.9. The Morgan fingerprint density at radius 3 is 2.63 bits per heavy atom. The van der Waals surface area contributed by atoms with E-state index in [0.29, 0.717) is 6.54 Å². The van der Waals surface area contributed by atoms with Crippen molar-refractivity contribution in [1.82, 2.24) is 10.3 Å². The molecule has 1 atom stereocenters. The molecule has 1 amide bonds. The van der Waals surface area contributed by atoms with Gasteiger partial charge < -0.3 is 25.5 Å². The molecule has 4 N–H and O–H groups in total. The molecule has 8 heteroatoms. The van der Waals surface area contributed by atoms with Gasteiger partial charge in [0.05, 0.1) is 16.2 Å². The molecule has 0 aliphatic rings. The van der Waals surface area contributed by atoms with Crippen LogP contribution in [-0.2, 0) is 11.2 Å². The normalized spacial score (nSPS) is 12.7. The van der Waals surface area contributed by atoms with E-state index in [1.807, 2.05) is 48.5 Å². The number of H-pyrrole nitrogens is 1. The maximum atomic E-state index is 11.5. The van der Waals surface area contributed by atoms with Gasteiger partial charge in [0.2, 0.25) is 5.91 Å². The van der Waals surface area contributed by atoms with Gasteiger partial charge >= 0.3 is 0 Å². The Bertz CT molecular complexity index is 1320. The Labute approximate surface area is 227 Å². The van der Waals surface area contributed by atoms with Gasteiger partial charge in [-0.1, -0.05) is 46.3 Å². The molecule has 0 spiro atoms. The molecule has 0 bridgehead atoms. The second-order valence-corrected chi connectivity index (χ2v) is 11.0. The molecule has 0 fully saturated rings. The lowest BCUT2D eigenvalue weighted by Gasteiger charge is -2.28. The number of aliphatic hydroxyl groups excluding tert-OH is 1. The number of aromatic nitrogens is 1. The van der Waals surface area contributed by atoms with Gasteiger partial charge in [-0.25, -0.2) is 0 Å². The zero-order valence-electron chi connectivity index (χ0n) is 19.7. The minimum Gasteiger partial charge on any atom is -0.490 e. The predicted molar refractivity (Wildman–Crippen MR) is 155 cm³/mol. The summed E-state index contributed by atoms with van der Waals surface area (Å²) in [5.74, 6) is 0.690. The Hall–Kier alpha value is -2.14. The number of β-amino-alcohol motifs (C(OH)–C–C–N with tert-alkyl or cyclic N) is 1. The molecule has 0 aliphatic carbocycles. The van der Waals surface area contributed by atoms with Crippen LogP contribution in [0.4, 0.5) is 5.69 Å². The summed E-state index contributed by atoms with van der Waals surface area (Å²) in [5.41, 5.74) is 3.81. The Balaban J connectivity index is 1.34. The quantitative estimate of drug-likeness (QED) is 0.133. The number of hydrogen-bond acceptors (Lipinski definition) is 4. The number of nitrogens with one attached hydrogen (secondary N) is 3. The van der Waals surface area contributed by atoms with Crippen LogP contribution in [0.25, 0.3) is 21.8 Å². The molecule has 0 saturated carbocycles. The number of fused-ring (bicyclic) bond motifs is 3. The summed E-state index contributed by atoms with van der Waals surface area (Å²) in [6, 6.07) is 20.0. The van der Waals surface area contributed by atoms with Gasteiger partial charge in [-0.05, 0) is 78.8 Å². The second-order valence-electron chi connectivity index (χ2n) is 9.25. The number of carbonyl (C=O) groups excluding carboxylic acids is 1. The molecule has 184 valence electrons. The molecular weight excluding hydrogens is 621 g/mol. The summed E-state index contributed by atoms with van der Waals surface area (Å²) in [7, 11) is 0. The van der Waals surface area contributed by atoms with E-state index in [-0.39, 0.29) is 23.4 Å². The minimum absolute atomic E-state index is 0.0772. The number of anilines is 1. The van der Waals surface area contributed by atoms with Gasteiger partial charge in [-0.2, -0.15) is 0 Å². The molecule has 4 rings (SSSR count). The molecule has 3 aromatic carbocycles. The third-order valence-electron chi connectivity index (χ3n) is 5.82. The van der Waals surface area contributed by atoms with Crippen LogP contribution in [0.15, 0.2) is 60.7 Å². The molecular formula is C27H29BrIN3O3. The van der Waals surface area contributed by atoms with Crippen LogP contribution in [0.2, 0.25) is 0 Å². The number of carbonyl (C=O) groups is 1. The Kier molecular flexibility index (Phi) is 8.36. The van der Waals surface area contributed by atoms with Crippen molar-refractivity contribution in [2.75, 3.05) is 23.8 Å². The molecule has 4 aromatic rings. The Morgan fingerprint density at radius 1 is 1.14 bits per heavy atom. The number of para-hydroxylation sites is 1. The molecule has 0 unspecified atom stereocenters. The monoisotopic (exact) mass is 649 g/mol. The van der Waals surface area contributed by atoms with Gasteiger partial charge in [0.25, 0.3) is 0 Å². The van der Waals surface area contributed by atoms with Crippen LogP contribution in [-0.4, -0.2) is 46.1 Å². The van der Waals surface area contributed by atoms with Crippen LogP contribution in [0.1, 0.15) is 19.4 Å². The lowest BCUT2D eigenvalue weighted by Crippen LogP contribution is -2.46. The van der Waals surface area contributed by atoms with E-state index in [1.54, 1.807) is 0 Å². The molecule has 0 aliphatic heterocycles. The average molecular weight is 650 g/mol. The lowest BCUT2D eigenvalue weighted by molar-refractivity contribution is -0.113. The van der Waals surface area contributed by atoms with Crippen molar-refractivity contribution in [3.8, 4) is 5.75 Å². The number of hydrogen-bond donors (Lipinski definition) is 4. The third-order valence-corrected chi connectivity index (χ3v) is 7.23. The summed E-state index contributed by atoms with van der Waals surface area (Å²) < 4.78 is 7.22. The van der Waals surface area contributed by atoms with Crippen LogP contribution < -0.4 is 15.4 Å². The van der Waals surface area contributed by atoms with Gasteiger partial charge in [-0.15, -0.1) is 0 Å². The topological polar surface area (TPSA) is 86.4 Å². The van der Waals surface area contributed by atoms with E-state index in [2.05, 4.69) is 80.1 Å². The van der Waals surface area contributed by atoms with Gasteiger partial charge in [0.15, 0.2) is 0 Å². The number of aliphatic hydroxyl groups is 1. The zero-order chi connectivity index (χ0) is 25.0. The highest BCUT2D eigenvalue weighted by atomic mass is 127. The van der Waals surface area contributed by atoms with E-state index < -0.39 is 6.10 Å². The second kappa shape index (κ2) is 11.3. The number of rotatable bonds is 10. The summed E-state index contributed by atoms with van der Waals surface area (Å²) in [6.07, 6.45) is 0.121. The van der Waals surface area contributed by atoms with Crippen LogP contribution in [0.3, 0.4) is 0 Å². The first-order chi connectivity index (χ1) is 16.8. The number of amides is 1. The van der Waals surface area contributed by atoms with E-state index in [9.17, 15) is 9.90 Å². The van der Waals surface area contributed by atoms with Gasteiger partial charge in [0, 0.05) is 32.2 Å².